The van der Waals surface area contributed by atoms with Crippen molar-refractivity contribution in [2.24, 2.45) is 0 Å². The van der Waals surface area contributed by atoms with E-state index in [1.54, 1.807) is 13.0 Å². The first-order valence-corrected chi connectivity index (χ1v) is 9.59. The summed E-state index contributed by atoms with van der Waals surface area (Å²) in [5.74, 6) is 1.09. The number of aliphatic hydroxyl groups excluding tert-OH is 1. The van der Waals surface area contributed by atoms with Crippen molar-refractivity contribution >= 4 is 21.8 Å². The predicted molar refractivity (Wildman–Crippen MR) is 87.1 cm³/mol. The maximum Gasteiger partial charge on any atom is 0.240 e. The molecule has 0 aromatic heterocycles. The van der Waals surface area contributed by atoms with Gasteiger partial charge in [-0.25, -0.2) is 13.1 Å². The highest BCUT2D eigenvalue weighted by Gasteiger charge is 2.31. The number of hydrogen-bond acceptors (Lipinski definition) is 4. The highest BCUT2D eigenvalue weighted by atomic mass is 32.2. The summed E-state index contributed by atoms with van der Waals surface area (Å²) in [6.45, 7) is 6.06. The molecule has 6 heteroatoms. The average Bonchev–Trinajstić information content (AvgIpc) is 2.84. The van der Waals surface area contributed by atoms with E-state index in [-0.39, 0.29) is 16.2 Å². The van der Waals surface area contributed by atoms with Crippen LogP contribution in [-0.4, -0.2) is 30.6 Å². The molecule has 0 saturated carbocycles. The Balaban J connectivity index is 2.23. The van der Waals surface area contributed by atoms with Crippen molar-refractivity contribution in [3.05, 3.63) is 28.8 Å². The highest BCUT2D eigenvalue weighted by Crippen LogP contribution is 2.37. The zero-order valence-electron chi connectivity index (χ0n) is 12.8. The van der Waals surface area contributed by atoms with Crippen molar-refractivity contribution in [2.45, 2.75) is 49.9 Å². The summed E-state index contributed by atoms with van der Waals surface area (Å²) in [6, 6.07) is 3.39. The molecule has 2 N–H and O–H groups in total. The molecule has 1 atom stereocenters. The van der Waals surface area contributed by atoms with Crippen LogP contribution in [0.25, 0.3) is 0 Å². The summed E-state index contributed by atoms with van der Waals surface area (Å²) in [6.07, 6.45) is 2.18. The van der Waals surface area contributed by atoms with Gasteiger partial charge in [0.15, 0.2) is 0 Å². The van der Waals surface area contributed by atoms with Gasteiger partial charge in [0, 0.05) is 11.3 Å². The Kier molecular flexibility index (Phi) is 5.03. The van der Waals surface area contributed by atoms with Crippen molar-refractivity contribution in [1.29, 1.82) is 0 Å². The van der Waals surface area contributed by atoms with Crippen LogP contribution >= 0.6 is 11.8 Å². The van der Waals surface area contributed by atoms with E-state index >= 15 is 0 Å². The van der Waals surface area contributed by atoms with E-state index in [4.69, 9.17) is 0 Å². The zero-order chi connectivity index (χ0) is 15.7. The van der Waals surface area contributed by atoms with Crippen molar-refractivity contribution in [3.8, 4) is 0 Å². The minimum atomic E-state index is -3.54. The fourth-order valence-electron chi connectivity index (χ4n) is 2.64. The number of sulfonamides is 1. The van der Waals surface area contributed by atoms with E-state index in [1.807, 2.05) is 24.8 Å². The van der Waals surface area contributed by atoms with Crippen LogP contribution in [-0.2, 0) is 16.6 Å². The van der Waals surface area contributed by atoms with E-state index in [2.05, 4.69) is 11.6 Å². The monoisotopic (exact) mass is 329 g/mol. The zero-order valence-corrected chi connectivity index (χ0v) is 14.4. The molecule has 0 radical (unpaired) electrons. The van der Waals surface area contributed by atoms with Crippen LogP contribution in [0, 0.1) is 13.8 Å². The van der Waals surface area contributed by atoms with Crippen molar-refractivity contribution in [1.82, 2.24) is 4.72 Å². The molecule has 1 aromatic rings. The Morgan fingerprint density at radius 1 is 1.33 bits per heavy atom. The minimum absolute atomic E-state index is 0.00845. The molecular formula is C15H23NO3S2. The average molecular weight is 329 g/mol. The molecule has 0 bridgehead atoms. The van der Waals surface area contributed by atoms with Crippen LogP contribution in [0.5, 0.6) is 0 Å². The Hall–Kier alpha value is -0.560. The van der Waals surface area contributed by atoms with Crippen molar-refractivity contribution in [2.75, 3.05) is 12.3 Å². The van der Waals surface area contributed by atoms with Gasteiger partial charge in [-0.15, -0.1) is 0 Å². The van der Waals surface area contributed by atoms with E-state index in [0.29, 0.717) is 17.7 Å². The van der Waals surface area contributed by atoms with Gasteiger partial charge >= 0.3 is 0 Å². The summed E-state index contributed by atoms with van der Waals surface area (Å²) in [5.41, 5.74) is 2.27. The fourth-order valence-corrected chi connectivity index (χ4v) is 5.42. The summed E-state index contributed by atoms with van der Waals surface area (Å²) >= 11 is 1.83. The first kappa shape index (κ1) is 16.8. The highest BCUT2D eigenvalue weighted by molar-refractivity contribution is 8.01. The van der Waals surface area contributed by atoms with Gasteiger partial charge in [0.05, 0.1) is 11.5 Å². The first-order chi connectivity index (χ1) is 9.77. The summed E-state index contributed by atoms with van der Waals surface area (Å²) in [4.78, 5) is 0.267. The van der Waals surface area contributed by atoms with Crippen LogP contribution in [0.4, 0.5) is 0 Å². The first-order valence-electron chi connectivity index (χ1n) is 7.12. The lowest BCUT2D eigenvalue weighted by molar-refractivity contribution is 0.280. The van der Waals surface area contributed by atoms with Gasteiger partial charge in [0.25, 0.3) is 0 Å². The standard InChI is InChI=1S/C15H23NO3S2/c1-11-7-12(2)14(8-13(11)9-17)21(18,19)16-10-15(3)5-4-6-20-15/h7-8,16-17H,4-6,9-10H2,1-3H3. The minimum Gasteiger partial charge on any atom is -0.392 e. The maximum atomic E-state index is 12.5. The number of nitrogens with one attached hydrogen (secondary N) is 1. The molecule has 1 heterocycles. The number of aryl methyl sites for hydroxylation is 2. The molecule has 1 saturated heterocycles. The number of hydrogen-bond donors (Lipinski definition) is 2. The molecule has 0 amide bonds. The smallest absolute Gasteiger partial charge is 0.240 e. The van der Waals surface area contributed by atoms with E-state index in [0.717, 1.165) is 24.2 Å². The molecule has 4 nitrogen and oxygen atoms in total. The number of benzene rings is 1. The molecule has 0 spiro atoms. The molecule has 1 aromatic carbocycles. The molecule has 118 valence electrons. The Labute approximate surface area is 131 Å². The molecule has 1 aliphatic rings. The van der Waals surface area contributed by atoms with Gasteiger partial charge in [-0.05, 0) is 62.1 Å². The van der Waals surface area contributed by atoms with E-state index in [9.17, 15) is 13.5 Å². The molecule has 1 unspecified atom stereocenters. The normalized spacial score (nSPS) is 22.7. The Morgan fingerprint density at radius 3 is 2.62 bits per heavy atom. The number of rotatable bonds is 5. The number of thioether (sulfide) groups is 1. The van der Waals surface area contributed by atoms with Gasteiger partial charge < -0.3 is 5.11 Å². The molecule has 2 rings (SSSR count). The summed E-state index contributed by atoms with van der Waals surface area (Å²) in [5, 5.41) is 9.32. The molecule has 1 aliphatic heterocycles. The van der Waals surface area contributed by atoms with Crippen molar-refractivity contribution < 1.29 is 13.5 Å². The molecule has 21 heavy (non-hydrogen) atoms. The second-order valence-electron chi connectivity index (χ2n) is 5.93. The number of aliphatic hydroxyl groups is 1. The largest absolute Gasteiger partial charge is 0.392 e. The van der Waals surface area contributed by atoms with Crippen LogP contribution in [0.3, 0.4) is 0 Å². The topological polar surface area (TPSA) is 66.4 Å². The van der Waals surface area contributed by atoms with Gasteiger partial charge in [-0.2, -0.15) is 11.8 Å². The maximum absolute atomic E-state index is 12.5. The van der Waals surface area contributed by atoms with Crippen LogP contribution < -0.4 is 4.72 Å². The van der Waals surface area contributed by atoms with Crippen LogP contribution in [0.1, 0.15) is 36.5 Å². The fraction of sp³-hybridized carbons (Fsp3) is 0.600. The van der Waals surface area contributed by atoms with Crippen molar-refractivity contribution in [3.63, 3.8) is 0 Å². The molecule has 0 aliphatic carbocycles. The van der Waals surface area contributed by atoms with Gasteiger partial charge in [0.2, 0.25) is 10.0 Å². The Bertz CT molecular complexity index is 620. The molecular weight excluding hydrogens is 306 g/mol. The van der Waals surface area contributed by atoms with Crippen LogP contribution in [0.2, 0.25) is 0 Å². The van der Waals surface area contributed by atoms with E-state index < -0.39 is 10.0 Å². The quantitative estimate of drug-likeness (QED) is 0.870. The Morgan fingerprint density at radius 2 is 2.05 bits per heavy atom. The summed E-state index contributed by atoms with van der Waals surface area (Å²) < 4.78 is 27.8. The lowest BCUT2D eigenvalue weighted by Gasteiger charge is -2.23. The second kappa shape index (κ2) is 6.28. The van der Waals surface area contributed by atoms with Gasteiger partial charge in [-0.1, -0.05) is 6.07 Å². The third-order valence-electron chi connectivity index (χ3n) is 4.03. The van der Waals surface area contributed by atoms with Crippen LogP contribution in [0.15, 0.2) is 17.0 Å². The predicted octanol–water partition coefficient (Wildman–Crippen LogP) is 2.36. The lowest BCUT2D eigenvalue weighted by atomic mass is 10.1. The lowest BCUT2D eigenvalue weighted by Crippen LogP contribution is -2.37. The van der Waals surface area contributed by atoms with E-state index in [1.165, 1.54) is 0 Å². The SMILES string of the molecule is Cc1cc(C)c(S(=O)(=O)NCC2(C)CCCS2)cc1CO. The van der Waals surface area contributed by atoms with Gasteiger partial charge in [-0.3, -0.25) is 0 Å². The second-order valence-corrected chi connectivity index (χ2v) is 9.35. The third-order valence-corrected chi connectivity index (χ3v) is 7.11. The third kappa shape index (κ3) is 3.80. The molecule has 1 fully saturated rings. The summed E-state index contributed by atoms with van der Waals surface area (Å²) in [7, 11) is -3.54. The van der Waals surface area contributed by atoms with Gasteiger partial charge in [0.1, 0.15) is 0 Å².